The lowest BCUT2D eigenvalue weighted by atomic mass is 9.49. The lowest BCUT2D eigenvalue weighted by Crippen LogP contribution is -2.56. The third-order valence-corrected chi connectivity index (χ3v) is 6.00. The molecule has 1 N–H and O–H groups in total. The molecule has 2 rings (SSSR count). The number of fused-ring (bicyclic) bond motifs is 1. The molecule has 0 spiro atoms. The molecule has 0 radical (unpaired) electrons. The van der Waals surface area contributed by atoms with E-state index in [1.807, 2.05) is 0 Å². The number of rotatable bonds is 5. The first-order chi connectivity index (χ1) is 10.5. The van der Waals surface area contributed by atoms with Gasteiger partial charge in [-0.15, -0.1) is 0 Å². The van der Waals surface area contributed by atoms with Crippen LogP contribution >= 0.6 is 0 Å². The van der Waals surface area contributed by atoms with Crippen LogP contribution in [0.2, 0.25) is 0 Å². The second-order valence-electron chi connectivity index (χ2n) is 7.67. The van der Waals surface area contributed by atoms with Gasteiger partial charge in [-0.2, -0.15) is 0 Å². The number of nitrogens with zero attached hydrogens (tertiary/aromatic N) is 1. The summed E-state index contributed by atoms with van der Waals surface area (Å²) in [4.78, 5) is 24.0. The van der Waals surface area contributed by atoms with Crippen molar-refractivity contribution in [3.63, 3.8) is 0 Å². The average Bonchev–Trinajstić information content (AvgIpc) is 2.79. The van der Waals surface area contributed by atoms with Gasteiger partial charge in [0, 0.05) is 17.8 Å². The van der Waals surface area contributed by atoms with Crippen molar-refractivity contribution in [1.82, 2.24) is 0 Å². The number of nitro benzene ring substituents is 1. The van der Waals surface area contributed by atoms with E-state index in [-0.39, 0.29) is 22.4 Å². The molecule has 0 saturated carbocycles. The van der Waals surface area contributed by atoms with E-state index >= 15 is 0 Å². The summed E-state index contributed by atoms with van der Waals surface area (Å²) in [5.41, 5.74) is 0.0152. The molecule has 0 bridgehead atoms. The maximum absolute atomic E-state index is 13.2. The van der Waals surface area contributed by atoms with Crippen LogP contribution in [0.4, 0.5) is 11.4 Å². The molecule has 5 nitrogen and oxygen atoms in total. The molecule has 1 heterocycles. The summed E-state index contributed by atoms with van der Waals surface area (Å²) in [6.07, 6.45) is 1.60. The Balaban J connectivity index is 2.87. The molecule has 126 valence electrons. The minimum absolute atomic E-state index is 0.0310. The highest BCUT2D eigenvalue weighted by atomic mass is 16.6. The summed E-state index contributed by atoms with van der Waals surface area (Å²) in [7, 11) is 0. The van der Waals surface area contributed by atoms with Crippen LogP contribution in [0.25, 0.3) is 0 Å². The Morgan fingerprint density at radius 1 is 1.13 bits per heavy atom. The van der Waals surface area contributed by atoms with Crippen molar-refractivity contribution in [2.24, 2.45) is 10.8 Å². The summed E-state index contributed by atoms with van der Waals surface area (Å²) in [5, 5.41) is 14.2. The van der Waals surface area contributed by atoms with Gasteiger partial charge in [-0.25, -0.2) is 0 Å². The molecule has 0 fully saturated rings. The molecule has 1 amide bonds. The average molecular weight is 318 g/mol. The van der Waals surface area contributed by atoms with Crippen molar-refractivity contribution in [1.29, 1.82) is 0 Å². The minimum atomic E-state index is -0.801. The van der Waals surface area contributed by atoms with Gasteiger partial charge in [-0.05, 0) is 35.3 Å². The molecule has 0 aliphatic carbocycles. The minimum Gasteiger partial charge on any atom is -0.325 e. The van der Waals surface area contributed by atoms with Crippen molar-refractivity contribution in [2.75, 3.05) is 5.32 Å². The Kier molecular flexibility index (Phi) is 4.04. The van der Waals surface area contributed by atoms with Crippen molar-refractivity contribution in [3.8, 4) is 0 Å². The highest BCUT2D eigenvalue weighted by Crippen LogP contribution is 2.61. The van der Waals surface area contributed by atoms with Crippen LogP contribution in [0.5, 0.6) is 0 Å². The smallest absolute Gasteiger partial charge is 0.269 e. The summed E-state index contributed by atoms with van der Waals surface area (Å²) in [5.74, 6) is -0.0494. The van der Waals surface area contributed by atoms with Crippen LogP contribution in [-0.2, 0) is 10.2 Å². The van der Waals surface area contributed by atoms with E-state index in [1.165, 1.54) is 6.07 Å². The van der Waals surface area contributed by atoms with E-state index in [9.17, 15) is 14.9 Å². The van der Waals surface area contributed by atoms with Gasteiger partial charge in [0.2, 0.25) is 5.91 Å². The normalized spacial score (nSPS) is 16.9. The van der Waals surface area contributed by atoms with E-state index in [0.29, 0.717) is 5.69 Å². The zero-order chi connectivity index (χ0) is 17.6. The van der Waals surface area contributed by atoms with Crippen LogP contribution in [0.3, 0.4) is 0 Å². The van der Waals surface area contributed by atoms with E-state index in [1.54, 1.807) is 12.1 Å². The lowest BCUT2D eigenvalue weighted by molar-refractivity contribution is -0.385. The van der Waals surface area contributed by atoms with Gasteiger partial charge in [0.25, 0.3) is 5.69 Å². The number of hydrogen-bond donors (Lipinski definition) is 1. The third kappa shape index (κ3) is 2.17. The quantitative estimate of drug-likeness (QED) is 0.634. The number of amides is 1. The fourth-order valence-corrected chi connectivity index (χ4v) is 4.19. The summed E-state index contributed by atoms with van der Waals surface area (Å²) < 4.78 is 0. The van der Waals surface area contributed by atoms with Crippen molar-refractivity contribution in [3.05, 3.63) is 33.9 Å². The van der Waals surface area contributed by atoms with Crippen LogP contribution in [0.1, 0.15) is 59.9 Å². The number of hydrogen-bond acceptors (Lipinski definition) is 3. The number of benzene rings is 1. The molecule has 5 heteroatoms. The molecule has 0 saturated heterocycles. The van der Waals surface area contributed by atoms with E-state index in [4.69, 9.17) is 0 Å². The summed E-state index contributed by atoms with van der Waals surface area (Å²) in [6, 6.07) is 4.69. The fourth-order valence-electron chi connectivity index (χ4n) is 4.19. The van der Waals surface area contributed by atoms with Gasteiger partial charge in [-0.1, -0.05) is 41.5 Å². The fraction of sp³-hybridized carbons (Fsp3) is 0.611. The number of non-ortho nitro benzene ring substituents is 1. The molecule has 0 atom stereocenters. The van der Waals surface area contributed by atoms with Crippen LogP contribution in [0.15, 0.2) is 18.2 Å². The Bertz CT molecular complexity index is 646. The maximum atomic E-state index is 13.2. The van der Waals surface area contributed by atoms with Gasteiger partial charge in [0.05, 0.1) is 10.3 Å². The SMILES string of the molecule is CCC(C)(C)C1(C(C)(C)CC)C(=O)Nc2ccc([N+](=O)[O-])cc21. The van der Waals surface area contributed by atoms with Gasteiger partial charge < -0.3 is 5.32 Å². The first-order valence-electron chi connectivity index (χ1n) is 8.15. The standard InChI is InChI=1S/C18H26N2O3/c1-7-16(3,4)18(17(5,6)8-2)13-11-12(20(22)23)9-10-14(13)19-15(18)21/h9-11H,7-8H2,1-6H3,(H,19,21). The topological polar surface area (TPSA) is 72.2 Å². The van der Waals surface area contributed by atoms with Gasteiger partial charge in [-0.3, -0.25) is 14.9 Å². The molecule has 1 aliphatic rings. The summed E-state index contributed by atoms with van der Waals surface area (Å²) in [6.45, 7) is 12.5. The molecule has 0 aromatic heterocycles. The molecule has 23 heavy (non-hydrogen) atoms. The predicted molar refractivity (Wildman–Crippen MR) is 91.5 cm³/mol. The predicted octanol–water partition coefficient (Wildman–Crippen LogP) is 4.66. The van der Waals surface area contributed by atoms with Crippen LogP contribution < -0.4 is 5.32 Å². The van der Waals surface area contributed by atoms with Gasteiger partial charge in [0.15, 0.2) is 0 Å². The molecule has 0 unspecified atom stereocenters. The number of nitro groups is 1. The number of nitrogens with one attached hydrogen (secondary N) is 1. The van der Waals surface area contributed by atoms with Gasteiger partial charge >= 0.3 is 0 Å². The van der Waals surface area contributed by atoms with Crippen LogP contribution in [-0.4, -0.2) is 10.8 Å². The number of carbonyl (C=O) groups excluding carboxylic acids is 1. The van der Waals surface area contributed by atoms with Gasteiger partial charge in [0.1, 0.15) is 0 Å². The Labute approximate surface area is 137 Å². The van der Waals surface area contributed by atoms with E-state index in [2.05, 4.69) is 46.9 Å². The highest BCUT2D eigenvalue weighted by molar-refractivity contribution is 6.07. The first-order valence-corrected chi connectivity index (χ1v) is 8.15. The second-order valence-corrected chi connectivity index (χ2v) is 7.67. The van der Waals surface area contributed by atoms with Crippen molar-refractivity contribution < 1.29 is 9.72 Å². The Morgan fingerprint density at radius 3 is 2.09 bits per heavy atom. The largest absolute Gasteiger partial charge is 0.325 e. The monoisotopic (exact) mass is 318 g/mol. The van der Waals surface area contributed by atoms with Crippen LogP contribution in [0, 0.1) is 20.9 Å². The molecular formula is C18H26N2O3. The first kappa shape index (κ1) is 17.4. The third-order valence-electron chi connectivity index (χ3n) is 6.00. The number of carbonyl (C=O) groups is 1. The second kappa shape index (κ2) is 5.32. The van der Waals surface area contributed by atoms with E-state index < -0.39 is 10.3 Å². The molecular weight excluding hydrogens is 292 g/mol. The zero-order valence-electron chi connectivity index (χ0n) is 14.8. The van der Waals surface area contributed by atoms with E-state index in [0.717, 1.165) is 18.4 Å². The highest BCUT2D eigenvalue weighted by Gasteiger charge is 2.63. The number of anilines is 1. The molecule has 1 aliphatic heterocycles. The lowest BCUT2D eigenvalue weighted by Gasteiger charge is -2.52. The van der Waals surface area contributed by atoms with Crippen molar-refractivity contribution >= 4 is 17.3 Å². The van der Waals surface area contributed by atoms with Crippen molar-refractivity contribution in [2.45, 2.75) is 59.8 Å². The zero-order valence-corrected chi connectivity index (χ0v) is 14.8. The molecule has 1 aromatic carbocycles. The maximum Gasteiger partial charge on any atom is 0.269 e. The summed E-state index contributed by atoms with van der Waals surface area (Å²) >= 11 is 0. The molecule has 1 aromatic rings. The Morgan fingerprint density at radius 2 is 1.65 bits per heavy atom. The Hall–Kier alpha value is -1.91.